The molecule has 128 valence electrons. The average Bonchev–Trinajstić information content (AvgIpc) is 2.67. The SMILES string of the molecule is CN1CCN(c2nc(/C=C/C3=CCCC=C3)nc3ccccc23)CC1. The molecule has 2 heterocycles. The van der Waals surface area contributed by atoms with Crippen LogP contribution in [0.3, 0.4) is 0 Å². The van der Waals surface area contributed by atoms with Gasteiger partial charge in [0.05, 0.1) is 5.52 Å². The van der Waals surface area contributed by atoms with E-state index in [0.717, 1.165) is 61.6 Å². The summed E-state index contributed by atoms with van der Waals surface area (Å²) in [5.41, 5.74) is 2.25. The van der Waals surface area contributed by atoms with E-state index in [1.807, 2.05) is 12.1 Å². The summed E-state index contributed by atoms with van der Waals surface area (Å²) in [5.74, 6) is 1.85. The number of benzene rings is 1. The van der Waals surface area contributed by atoms with Gasteiger partial charge >= 0.3 is 0 Å². The number of para-hydroxylation sites is 1. The van der Waals surface area contributed by atoms with Crippen molar-refractivity contribution >= 4 is 22.8 Å². The molecule has 0 bridgehead atoms. The van der Waals surface area contributed by atoms with Crippen molar-refractivity contribution in [1.29, 1.82) is 0 Å². The Morgan fingerprint density at radius 2 is 1.80 bits per heavy atom. The van der Waals surface area contributed by atoms with Crippen molar-refractivity contribution in [3.63, 3.8) is 0 Å². The Labute approximate surface area is 149 Å². The van der Waals surface area contributed by atoms with Crippen molar-refractivity contribution in [2.75, 3.05) is 38.1 Å². The van der Waals surface area contributed by atoms with E-state index in [1.165, 1.54) is 5.57 Å². The van der Waals surface area contributed by atoms with Crippen LogP contribution in [-0.2, 0) is 0 Å². The molecule has 0 atom stereocenters. The van der Waals surface area contributed by atoms with Gasteiger partial charge < -0.3 is 9.80 Å². The van der Waals surface area contributed by atoms with Crippen LogP contribution in [0.4, 0.5) is 5.82 Å². The standard InChI is InChI=1S/C21H24N4/c1-24-13-15-25(16-14-24)21-18-9-5-6-10-19(18)22-20(23-21)12-11-17-7-3-2-4-8-17/h3,5-12H,2,4,13-16H2,1H3/b12-11+. The molecule has 1 aliphatic carbocycles. The summed E-state index contributed by atoms with van der Waals surface area (Å²) in [6, 6.07) is 8.32. The van der Waals surface area contributed by atoms with Crippen molar-refractivity contribution in [2.24, 2.45) is 0 Å². The highest BCUT2D eigenvalue weighted by molar-refractivity contribution is 5.90. The molecule has 1 aromatic heterocycles. The molecule has 0 unspecified atom stereocenters. The molecule has 0 N–H and O–H groups in total. The van der Waals surface area contributed by atoms with E-state index < -0.39 is 0 Å². The summed E-state index contributed by atoms with van der Waals surface area (Å²) in [7, 11) is 2.18. The van der Waals surface area contributed by atoms with Crippen LogP contribution in [0.2, 0.25) is 0 Å². The minimum Gasteiger partial charge on any atom is -0.353 e. The summed E-state index contributed by atoms with van der Waals surface area (Å²) in [4.78, 5) is 14.4. The number of piperazine rings is 1. The van der Waals surface area contributed by atoms with Gasteiger partial charge in [-0.1, -0.05) is 36.4 Å². The van der Waals surface area contributed by atoms with Gasteiger partial charge in [0, 0.05) is 31.6 Å². The highest BCUT2D eigenvalue weighted by Gasteiger charge is 2.18. The second-order valence-corrected chi connectivity index (χ2v) is 6.73. The van der Waals surface area contributed by atoms with Crippen LogP contribution in [0.1, 0.15) is 18.7 Å². The van der Waals surface area contributed by atoms with Gasteiger partial charge in [-0.15, -0.1) is 0 Å². The summed E-state index contributed by atoms with van der Waals surface area (Å²) in [6.07, 6.45) is 13.1. The van der Waals surface area contributed by atoms with Crippen molar-refractivity contribution in [2.45, 2.75) is 12.8 Å². The van der Waals surface area contributed by atoms with E-state index in [0.29, 0.717) is 0 Å². The average molecular weight is 332 g/mol. The fourth-order valence-corrected chi connectivity index (χ4v) is 3.34. The summed E-state index contributed by atoms with van der Waals surface area (Å²) < 4.78 is 0. The molecule has 25 heavy (non-hydrogen) atoms. The van der Waals surface area contributed by atoms with Gasteiger partial charge in [-0.05, 0) is 43.7 Å². The van der Waals surface area contributed by atoms with Crippen LogP contribution in [0, 0.1) is 0 Å². The first-order chi connectivity index (χ1) is 12.3. The predicted molar refractivity (Wildman–Crippen MR) is 105 cm³/mol. The largest absolute Gasteiger partial charge is 0.353 e. The van der Waals surface area contributed by atoms with Crippen molar-refractivity contribution in [1.82, 2.24) is 14.9 Å². The Balaban J connectivity index is 1.69. The van der Waals surface area contributed by atoms with E-state index in [4.69, 9.17) is 9.97 Å². The maximum atomic E-state index is 4.89. The molecule has 4 rings (SSSR count). The number of nitrogens with zero attached hydrogens (tertiary/aromatic N) is 4. The Morgan fingerprint density at radius 1 is 0.960 bits per heavy atom. The van der Waals surface area contributed by atoms with E-state index in [9.17, 15) is 0 Å². The third-order valence-corrected chi connectivity index (χ3v) is 4.85. The highest BCUT2D eigenvalue weighted by atomic mass is 15.3. The maximum absolute atomic E-state index is 4.89. The lowest BCUT2D eigenvalue weighted by atomic mass is 10.1. The molecule has 4 nitrogen and oxygen atoms in total. The molecular formula is C21H24N4. The zero-order valence-corrected chi connectivity index (χ0v) is 14.7. The van der Waals surface area contributed by atoms with Crippen molar-refractivity contribution in [3.8, 4) is 0 Å². The lowest BCUT2D eigenvalue weighted by Crippen LogP contribution is -2.45. The quantitative estimate of drug-likeness (QED) is 0.858. The van der Waals surface area contributed by atoms with Crippen LogP contribution in [-0.4, -0.2) is 48.1 Å². The summed E-state index contributed by atoms with van der Waals surface area (Å²) in [5, 5.41) is 1.14. The first kappa shape index (κ1) is 16.0. The molecule has 4 heteroatoms. The second kappa shape index (κ2) is 7.19. The Morgan fingerprint density at radius 3 is 2.60 bits per heavy atom. The Hall–Kier alpha value is -2.46. The highest BCUT2D eigenvalue weighted by Crippen LogP contribution is 2.25. The van der Waals surface area contributed by atoms with Gasteiger partial charge in [0.15, 0.2) is 5.82 Å². The van der Waals surface area contributed by atoms with Crippen LogP contribution in [0.25, 0.3) is 17.0 Å². The van der Waals surface area contributed by atoms with Gasteiger partial charge in [0.2, 0.25) is 0 Å². The zero-order valence-electron chi connectivity index (χ0n) is 14.7. The lowest BCUT2D eigenvalue weighted by molar-refractivity contribution is 0.312. The third kappa shape index (κ3) is 3.64. The smallest absolute Gasteiger partial charge is 0.154 e. The van der Waals surface area contributed by atoms with Gasteiger partial charge in [-0.3, -0.25) is 0 Å². The van der Waals surface area contributed by atoms with Crippen LogP contribution < -0.4 is 4.90 Å². The molecule has 0 saturated carbocycles. The molecule has 1 saturated heterocycles. The second-order valence-electron chi connectivity index (χ2n) is 6.73. The lowest BCUT2D eigenvalue weighted by Gasteiger charge is -2.33. The Bertz CT molecular complexity index is 842. The number of hydrogen-bond donors (Lipinski definition) is 0. The molecule has 1 aromatic carbocycles. The molecule has 1 aliphatic heterocycles. The minimum atomic E-state index is 0.785. The number of fused-ring (bicyclic) bond motifs is 1. The topological polar surface area (TPSA) is 32.3 Å². The van der Waals surface area contributed by atoms with E-state index in [-0.39, 0.29) is 0 Å². The number of aromatic nitrogens is 2. The van der Waals surface area contributed by atoms with E-state index >= 15 is 0 Å². The first-order valence-electron chi connectivity index (χ1n) is 9.05. The summed E-state index contributed by atoms with van der Waals surface area (Å²) in [6.45, 7) is 4.16. The number of likely N-dealkylation sites (N-methyl/N-ethyl adjacent to an activating group) is 1. The number of hydrogen-bond acceptors (Lipinski definition) is 4. The van der Waals surface area contributed by atoms with Crippen LogP contribution in [0.5, 0.6) is 0 Å². The van der Waals surface area contributed by atoms with Gasteiger partial charge in [-0.2, -0.15) is 0 Å². The van der Waals surface area contributed by atoms with E-state index in [1.54, 1.807) is 0 Å². The molecule has 0 radical (unpaired) electrons. The van der Waals surface area contributed by atoms with Crippen LogP contribution >= 0.6 is 0 Å². The van der Waals surface area contributed by atoms with E-state index in [2.05, 4.69) is 59.4 Å². The minimum absolute atomic E-state index is 0.785. The van der Waals surface area contributed by atoms with Gasteiger partial charge in [-0.25, -0.2) is 9.97 Å². The number of allylic oxidation sites excluding steroid dienone is 5. The number of anilines is 1. The molecule has 1 fully saturated rings. The van der Waals surface area contributed by atoms with Crippen molar-refractivity contribution < 1.29 is 0 Å². The predicted octanol–water partition coefficient (Wildman–Crippen LogP) is 3.67. The maximum Gasteiger partial charge on any atom is 0.154 e. The third-order valence-electron chi connectivity index (χ3n) is 4.85. The molecule has 2 aliphatic rings. The van der Waals surface area contributed by atoms with Gasteiger partial charge in [0.25, 0.3) is 0 Å². The molecule has 0 spiro atoms. The fraction of sp³-hybridized carbons (Fsp3) is 0.333. The normalized spacial score (nSPS) is 18.9. The van der Waals surface area contributed by atoms with Crippen LogP contribution in [0.15, 0.2) is 54.1 Å². The van der Waals surface area contributed by atoms with Crippen molar-refractivity contribution in [3.05, 3.63) is 60.0 Å². The fourth-order valence-electron chi connectivity index (χ4n) is 3.34. The zero-order chi connectivity index (χ0) is 17.1. The monoisotopic (exact) mass is 332 g/mol. The molecule has 0 amide bonds. The number of rotatable bonds is 3. The van der Waals surface area contributed by atoms with Gasteiger partial charge in [0.1, 0.15) is 5.82 Å². The summed E-state index contributed by atoms with van der Waals surface area (Å²) >= 11 is 0. The molecule has 2 aromatic rings. The Kier molecular flexibility index (Phi) is 4.61. The molecular weight excluding hydrogens is 308 g/mol. The first-order valence-corrected chi connectivity index (χ1v) is 9.05.